The van der Waals surface area contributed by atoms with Gasteiger partial charge in [-0.3, -0.25) is 0 Å². The van der Waals surface area contributed by atoms with Gasteiger partial charge in [-0.15, -0.1) is 0 Å². The van der Waals surface area contributed by atoms with Crippen LogP contribution >= 0.6 is 0 Å². The summed E-state index contributed by atoms with van der Waals surface area (Å²) in [6.07, 6.45) is 10.0. The van der Waals surface area contributed by atoms with E-state index in [1.54, 1.807) is 0 Å². The second-order valence-corrected chi connectivity index (χ2v) is 13.3. The Kier molecular flexibility index (Phi) is 6.92. The molecular weight excluding hydrogens is 617 g/mol. The Balaban J connectivity index is 1.17. The van der Waals surface area contributed by atoms with Crippen LogP contribution in [0.5, 0.6) is 0 Å². The van der Waals surface area contributed by atoms with Gasteiger partial charge in [0.2, 0.25) is 0 Å². The maximum absolute atomic E-state index is 2.45. The van der Waals surface area contributed by atoms with Gasteiger partial charge < -0.3 is 9.47 Å². The Labute approximate surface area is 297 Å². The van der Waals surface area contributed by atoms with Crippen molar-refractivity contribution in [1.29, 1.82) is 0 Å². The topological polar surface area (TPSA) is 8.17 Å². The molecule has 0 unspecified atom stereocenters. The molecule has 0 bridgehead atoms. The minimum absolute atomic E-state index is 0.931. The van der Waals surface area contributed by atoms with Crippen molar-refractivity contribution in [2.45, 2.75) is 6.42 Å². The lowest BCUT2D eigenvalue weighted by Gasteiger charge is -2.27. The van der Waals surface area contributed by atoms with Gasteiger partial charge in [0, 0.05) is 39.1 Å². The smallest absolute Gasteiger partial charge is 0.0619 e. The summed E-state index contributed by atoms with van der Waals surface area (Å²) in [5, 5.41) is 8.78. The van der Waals surface area contributed by atoms with E-state index in [0.717, 1.165) is 29.2 Å². The van der Waals surface area contributed by atoms with Crippen LogP contribution < -0.4 is 4.90 Å². The number of nitrogens with zero attached hydrogens (tertiary/aromatic N) is 2. The average molecular weight is 651 g/mol. The van der Waals surface area contributed by atoms with Crippen LogP contribution in [-0.4, -0.2) is 4.57 Å². The lowest BCUT2D eigenvalue weighted by atomic mass is 10.0. The Morgan fingerprint density at radius 3 is 1.88 bits per heavy atom. The van der Waals surface area contributed by atoms with E-state index in [1.165, 1.54) is 65.6 Å². The van der Waals surface area contributed by atoms with E-state index in [9.17, 15) is 0 Å². The first kappa shape index (κ1) is 29.3. The third kappa shape index (κ3) is 4.95. The number of hydrogen-bond acceptors (Lipinski definition) is 1. The summed E-state index contributed by atoms with van der Waals surface area (Å²) >= 11 is 0. The summed E-state index contributed by atoms with van der Waals surface area (Å²) in [7, 11) is 0. The van der Waals surface area contributed by atoms with Crippen LogP contribution in [0.15, 0.2) is 182 Å². The van der Waals surface area contributed by atoms with E-state index >= 15 is 0 Å². The molecule has 1 aromatic heterocycles. The SMILES string of the molecule is C1=Cc2c(n(-c3ccc(N(c4cccc(-c5ccccc5)c4)c4ccc5ccc6ccccc6c5c4)cc3)c3c2ccc2ccccc23)C=CC1. The van der Waals surface area contributed by atoms with Crippen molar-refractivity contribution in [2.75, 3.05) is 4.90 Å². The first-order chi connectivity index (χ1) is 25.3. The lowest BCUT2D eigenvalue weighted by Crippen LogP contribution is -2.10. The Morgan fingerprint density at radius 2 is 1.04 bits per heavy atom. The minimum atomic E-state index is 0.931. The first-order valence-corrected chi connectivity index (χ1v) is 17.7. The van der Waals surface area contributed by atoms with Crippen molar-refractivity contribution in [3.8, 4) is 16.8 Å². The van der Waals surface area contributed by atoms with Crippen LogP contribution in [-0.2, 0) is 0 Å². The molecule has 1 aliphatic carbocycles. The summed E-state index contributed by atoms with van der Waals surface area (Å²) in [5.74, 6) is 0. The van der Waals surface area contributed by atoms with Crippen molar-refractivity contribution in [2.24, 2.45) is 0 Å². The van der Waals surface area contributed by atoms with Crippen LogP contribution in [0.1, 0.15) is 17.7 Å². The molecule has 10 rings (SSSR count). The summed E-state index contributed by atoms with van der Waals surface area (Å²) in [6, 6.07) is 61.9. The fraction of sp³-hybridized carbons (Fsp3) is 0.0204. The van der Waals surface area contributed by atoms with Crippen molar-refractivity contribution < 1.29 is 0 Å². The lowest BCUT2D eigenvalue weighted by molar-refractivity contribution is 1.11. The molecular formula is C49H34N2. The molecule has 8 aromatic carbocycles. The molecule has 0 amide bonds. The van der Waals surface area contributed by atoms with Gasteiger partial charge in [0.15, 0.2) is 0 Å². The predicted molar refractivity (Wildman–Crippen MR) is 219 cm³/mol. The molecule has 0 saturated carbocycles. The summed E-state index contributed by atoms with van der Waals surface area (Å²) in [5.41, 5.74) is 10.6. The van der Waals surface area contributed by atoms with Gasteiger partial charge in [-0.25, -0.2) is 0 Å². The van der Waals surface area contributed by atoms with Gasteiger partial charge in [0.1, 0.15) is 0 Å². The molecule has 51 heavy (non-hydrogen) atoms. The molecule has 0 atom stereocenters. The Hall–Kier alpha value is -6.64. The zero-order valence-electron chi connectivity index (χ0n) is 28.1. The van der Waals surface area contributed by atoms with Gasteiger partial charge in [-0.1, -0.05) is 140 Å². The maximum atomic E-state index is 2.45. The highest BCUT2D eigenvalue weighted by atomic mass is 15.1. The van der Waals surface area contributed by atoms with Crippen LogP contribution in [0.4, 0.5) is 17.1 Å². The third-order valence-corrected chi connectivity index (χ3v) is 10.3. The molecule has 0 saturated heterocycles. The highest BCUT2D eigenvalue weighted by Crippen LogP contribution is 2.41. The van der Waals surface area contributed by atoms with Gasteiger partial charge in [-0.05, 0) is 99.1 Å². The zero-order chi connectivity index (χ0) is 33.7. The molecule has 240 valence electrons. The van der Waals surface area contributed by atoms with Crippen LogP contribution in [0, 0.1) is 0 Å². The normalized spacial score (nSPS) is 12.5. The predicted octanol–water partition coefficient (Wildman–Crippen LogP) is 13.7. The number of anilines is 3. The number of aromatic nitrogens is 1. The van der Waals surface area contributed by atoms with Crippen molar-refractivity contribution in [3.63, 3.8) is 0 Å². The molecule has 0 radical (unpaired) electrons. The fourth-order valence-corrected chi connectivity index (χ4v) is 7.93. The van der Waals surface area contributed by atoms with E-state index < -0.39 is 0 Å². The van der Waals surface area contributed by atoms with Gasteiger partial charge in [0.25, 0.3) is 0 Å². The van der Waals surface area contributed by atoms with Crippen molar-refractivity contribution in [1.82, 2.24) is 4.57 Å². The molecule has 1 heterocycles. The zero-order valence-corrected chi connectivity index (χ0v) is 28.1. The van der Waals surface area contributed by atoms with E-state index in [-0.39, 0.29) is 0 Å². The second-order valence-electron chi connectivity index (χ2n) is 13.3. The fourth-order valence-electron chi connectivity index (χ4n) is 7.93. The van der Waals surface area contributed by atoms with Crippen molar-refractivity contribution in [3.05, 3.63) is 193 Å². The molecule has 0 fully saturated rings. The van der Waals surface area contributed by atoms with Crippen molar-refractivity contribution >= 4 is 72.4 Å². The van der Waals surface area contributed by atoms with Crippen LogP contribution in [0.2, 0.25) is 0 Å². The van der Waals surface area contributed by atoms with E-state index in [4.69, 9.17) is 0 Å². The standard InChI is InChI=1S/C49H34N2/c1-3-12-34(13-4-1)38-16-11-17-41(32-38)50(42-26-24-37-23-22-35-14-7-9-18-43(35)47(37)33-42)39-27-29-40(30-28-39)51-48-21-6-2-5-20-45(48)46-31-25-36-15-8-10-19-44(36)49(46)51/h1,3-33H,2H2. The third-order valence-electron chi connectivity index (χ3n) is 10.3. The number of benzene rings is 8. The summed E-state index contributed by atoms with van der Waals surface area (Å²) in [4.78, 5) is 2.39. The summed E-state index contributed by atoms with van der Waals surface area (Å²) in [6.45, 7) is 0. The number of rotatable bonds is 5. The number of hydrogen-bond donors (Lipinski definition) is 0. The van der Waals surface area contributed by atoms with E-state index in [1.807, 2.05) is 0 Å². The van der Waals surface area contributed by atoms with Gasteiger partial charge >= 0.3 is 0 Å². The molecule has 0 N–H and O–H groups in total. The van der Waals surface area contributed by atoms with Crippen LogP contribution in [0.25, 0.3) is 72.2 Å². The Bertz CT molecular complexity index is 2820. The number of fused-ring (bicyclic) bond motifs is 8. The van der Waals surface area contributed by atoms with Crippen LogP contribution in [0.3, 0.4) is 0 Å². The molecule has 1 aliphatic rings. The Morgan fingerprint density at radius 1 is 0.412 bits per heavy atom. The largest absolute Gasteiger partial charge is 0.310 e. The van der Waals surface area contributed by atoms with E-state index in [0.29, 0.717) is 0 Å². The second kappa shape index (κ2) is 12.0. The monoisotopic (exact) mass is 650 g/mol. The molecule has 2 heteroatoms. The van der Waals surface area contributed by atoms with Gasteiger partial charge in [-0.2, -0.15) is 0 Å². The molecule has 0 spiro atoms. The summed E-state index contributed by atoms with van der Waals surface area (Å²) < 4.78 is 2.45. The highest BCUT2D eigenvalue weighted by molar-refractivity contribution is 6.11. The quantitative estimate of drug-likeness (QED) is 0.168. The molecule has 9 aromatic rings. The molecule has 2 nitrogen and oxygen atoms in total. The average Bonchev–Trinajstić information content (AvgIpc) is 3.32. The first-order valence-electron chi connectivity index (χ1n) is 17.7. The maximum Gasteiger partial charge on any atom is 0.0619 e. The molecule has 0 aliphatic heterocycles. The number of allylic oxidation sites excluding steroid dienone is 2. The minimum Gasteiger partial charge on any atom is -0.310 e. The van der Waals surface area contributed by atoms with E-state index in [2.05, 4.69) is 204 Å². The highest BCUT2D eigenvalue weighted by Gasteiger charge is 2.20. The van der Waals surface area contributed by atoms with Gasteiger partial charge in [0.05, 0.1) is 11.2 Å².